The standard InChI is InChI=1S/C18H29N/c1-14-9-10-16(11-15(14)2)12-18(13-19-3)17-7-5-4-6-8-17/h4-8,14-16,18-19H,9-13H2,1-3H3. The van der Waals surface area contributed by atoms with Gasteiger partial charge in [0, 0.05) is 6.54 Å². The molecule has 2 rings (SSSR count). The van der Waals surface area contributed by atoms with E-state index in [2.05, 4.69) is 56.5 Å². The molecule has 106 valence electrons. The Bertz CT molecular complexity index is 359. The first kappa shape index (κ1) is 14.6. The normalized spacial score (nSPS) is 29.1. The summed E-state index contributed by atoms with van der Waals surface area (Å²) in [5.41, 5.74) is 1.50. The van der Waals surface area contributed by atoms with Crippen LogP contribution in [0.1, 0.15) is 51.0 Å². The third-order valence-corrected chi connectivity index (χ3v) is 5.05. The van der Waals surface area contributed by atoms with Crippen molar-refractivity contribution in [1.29, 1.82) is 0 Å². The molecule has 1 aliphatic rings. The van der Waals surface area contributed by atoms with Gasteiger partial charge in [0.15, 0.2) is 0 Å². The summed E-state index contributed by atoms with van der Waals surface area (Å²) in [6.07, 6.45) is 5.63. The number of hydrogen-bond donors (Lipinski definition) is 1. The van der Waals surface area contributed by atoms with Crippen LogP contribution in [0.2, 0.25) is 0 Å². The van der Waals surface area contributed by atoms with E-state index in [-0.39, 0.29) is 0 Å². The summed E-state index contributed by atoms with van der Waals surface area (Å²) in [4.78, 5) is 0. The molecule has 1 saturated carbocycles. The predicted molar refractivity (Wildman–Crippen MR) is 83.4 cm³/mol. The maximum Gasteiger partial charge on any atom is 0.00172 e. The molecule has 1 heteroatoms. The van der Waals surface area contributed by atoms with Crippen molar-refractivity contribution >= 4 is 0 Å². The van der Waals surface area contributed by atoms with Gasteiger partial charge < -0.3 is 5.32 Å². The van der Waals surface area contributed by atoms with Crippen LogP contribution >= 0.6 is 0 Å². The fourth-order valence-electron chi connectivity index (χ4n) is 3.58. The lowest BCUT2D eigenvalue weighted by molar-refractivity contribution is 0.192. The minimum Gasteiger partial charge on any atom is -0.319 e. The maximum absolute atomic E-state index is 3.38. The molecule has 1 fully saturated rings. The van der Waals surface area contributed by atoms with Gasteiger partial charge in [0.2, 0.25) is 0 Å². The number of benzene rings is 1. The Kier molecular flexibility index (Phi) is 5.45. The fourth-order valence-corrected chi connectivity index (χ4v) is 3.58. The molecule has 0 saturated heterocycles. The molecular formula is C18H29N. The van der Waals surface area contributed by atoms with Crippen LogP contribution in [0.4, 0.5) is 0 Å². The largest absolute Gasteiger partial charge is 0.319 e. The van der Waals surface area contributed by atoms with E-state index in [1.807, 2.05) is 0 Å². The Hall–Kier alpha value is -0.820. The van der Waals surface area contributed by atoms with Crippen LogP contribution in [-0.2, 0) is 0 Å². The van der Waals surface area contributed by atoms with Crippen molar-refractivity contribution in [2.24, 2.45) is 17.8 Å². The monoisotopic (exact) mass is 259 g/mol. The SMILES string of the molecule is CNCC(CC1CCC(C)C(C)C1)c1ccccc1. The lowest BCUT2D eigenvalue weighted by atomic mass is 9.72. The highest BCUT2D eigenvalue weighted by atomic mass is 14.8. The first-order chi connectivity index (χ1) is 9.20. The van der Waals surface area contributed by atoms with Gasteiger partial charge in [-0.15, -0.1) is 0 Å². The van der Waals surface area contributed by atoms with Crippen LogP contribution in [-0.4, -0.2) is 13.6 Å². The molecule has 1 N–H and O–H groups in total. The highest BCUT2D eigenvalue weighted by Crippen LogP contribution is 2.38. The average Bonchev–Trinajstić information content (AvgIpc) is 2.43. The smallest absolute Gasteiger partial charge is 0.00172 e. The lowest BCUT2D eigenvalue weighted by Gasteiger charge is -2.34. The first-order valence-corrected chi connectivity index (χ1v) is 7.90. The van der Waals surface area contributed by atoms with Gasteiger partial charge in [-0.1, -0.05) is 57.0 Å². The molecule has 19 heavy (non-hydrogen) atoms. The van der Waals surface area contributed by atoms with Crippen molar-refractivity contribution in [3.63, 3.8) is 0 Å². The van der Waals surface area contributed by atoms with Crippen molar-refractivity contribution in [2.75, 3.05) is 13.6 Å². The second kappa shape index (κ2) is 7.09. The minimum atomic E-state index is 0.678. The Morgan fingerprint density at radius 3 is 2.47 bits per heavy atom. The van der Waals surface area contributed by atoms with Crippen molar-refractivity contribution in [3.8, 4) is 0 Å². The zero-order valence-electron chi connectivity index (χ0n) is 12.7. The van der Waals surface area contributed by atoms with Crippen molar-refractivity contribution < 1.29 is 0 Å². The second-order valence-corrected chi connectivity index (χ2v) is 6.53. The van der Waals surface area contributed by atoms with Crippen LogP contribution in [0.15, 0.2) is 30.3 Å². The molecule has 0 spiro atoms. The number of hydrogen-bond acceptors (Lipinski definition) is 1. The summed E-state index contributed by atoms with van der Waals surface area (Å²) in [6, 6.07) is 11.0. The number of likely N-dealkylation sites (N-methyl/N-ethyl adjacent to an activating group) is 1. The lowest BCUT2D eigenvalue weighted by Crippen LogP contribution is -2.25. The zero-order valence-corrected chi connectivity index (χ0v) is 12.7. The first-order valence-electron chi connectivity index (χ1n) is 7.90. The van der Waals surface area contributed by atoms with E-state index in [9.17, 15) is 0 Å². The van der Waals surface area contributed by atoms with Crippen LogP contribution < -0.4 is 5.32 Å². The molecule has 4 unspecified atom stereocenters. The summed E-state index contributed by atoms with van der Waals surface area (Å²) in [7, 11) is 2.07. The molecule has 1 aliphatic carbocycles. The number of nitrogens with one attached hydrogen (secondary N) is 1. The van der Waals surface area contributed by atoms with Gasteiger partial charge in [-0.25, -0.2) is 0 Å². The Morgan fingerprint density at radius 2 is 1.84 bits per heavy atom. The van der Waals surface area contributed by atoms with E-state index in [4.69, 9.17) is 0 Å². The van der Waals surface area contributed by atoms with Gasteiger partial charge in [0.05, 0.1) is 0 Å². The minimum absolute atomic E-state index is 0.678. The summed E-state index contributed by atoms with van der Waals surface area (Å²) in [5.74, 6) is 3.43. The zero-order chi connectivity index (χ0) is 13.7. The van der Waals surface area contributed by atoms with Gasteiger partial charge in [-0.2, -0.15) is 0 Å². The molecule has 0 heterocycles. The second-order valence-electron chi connectivity index (χ2n) is 6.53. The van der Waals surface area contributed by atoms with Gasteiger partial charge in [0.25, 0.3) is 0 Å². The summed E-state index contributed by atoms with van der Waals surface area (Å²) >= 11 is 0. The van der Waals surface area contributed by atoms with Crippen LogP contribution in [0.25, 0.3) is 0 Å². The topological polar surface area (TPSA) is 12.0 Å². The molecule has 1 nitrogen and oxygen atoms in total. The predicted octanol–water partition coefficient (Wildman–Crippen LogP) is 4.45. The van der Waals surface area contributed by atoms with Gasteiger partial charge in [-0.05, 0) is 49.1 Å². The van der Waals surface area contributed by atoms with E-state index >= 15 is 0 Å². The molecule has 1 aromatic carbocycles. The van der Waals surface area contributed by atoms with Crippen molar-refractivity contribution in [2.45, 2.75) is 45.4 Å². The van der Waals surface area contributed by atoms with Crippen LogP contribution in [0, 0.1) is 17.8 Å². The van der Waals surface area contributed by atoms with E-state index in [1.54, 1.807) is 0 Å². The molecular weight excluding hydrogens is 230 g/mol. The number of rotatable bonds is 5. The van der Waals surface area contributed by atoms with Crippen LogP contribution in [0.5, 0.6) is 0 Å². The molecule has 0 amide bonds. The Labute approximate surface area is 118 Å². The molecule has 4 atom stereocenters. The van der Waals surface area contributed by atoms with Gasteiger partial charge in [0.1, 0.15) is 0 Å². The third kappa shape index (κ3) is 4.07. The molecule has 1 aromatic rings. The third-order valence-electron chi connectivity index (χ3n) is 5.05. The Balaban J connectivity index is 1.97. The molecule has 0 radical (unpaired) electrons. The van der Waals surface area contributed by atoms with E-state index in [0.29, 0.717) is 5.92 Å². The van der Waals surface area contributed by atoms with Gasteiger partial charge >= 0.3 is 0 Å². The highest BCUT2D eigenvalue weighted by Gasteiger charge is 2.26. The summed E-state index contributed by atoms with van der Waals surface area (Å²) in [6.45, 7) is 5.96. The fraction of sp³-hybridized carbons (Fsp3) is 0.667. The molecule has 0 aromatic heterocycles. The highest BCUT2D eigenvalue weighted by molar-refractivity contribution is 5.20. The van der Waals surface area contributed by atoms with Crippen molar-refractivity contribution in [3.05, 3.63) is 35.9 Å². The van der Waals surface area contributed by atoms with E-state index in [0.717, 1.165) is 24.3 Å². The molecule has 0 bridgehead atoms. The average molecular weight is 259 g/mol. The summed E-state index contributed by atoms with van der Waals surface area (Å²) in [5, 5.41) is 3.38. The van der Waals surface area contributed by atoms with E-state index in [1.165, 1.54) is 31.2 Å². The van der Waals surface area contributed by atoms with E-state index < -0.39 is 0 Å². The van der Waals surface area contributed by atoms with Gasteiger partial charge in [-0.3, -0.25) is 0 Å². The summed E-state index contributed by atoms with van der Waals surface area (Å²) < 4.78 is 0. The van der Waals surface area contributed by atoms with Crippen molar-refractivity contribution in [1.82, 2.24) is 5.32 Å². The molecule has 0 aliphatic heterocycles. The quantitative estimate of drug-likeness (QED) is 0.823. The maximum atomic E-state index is 3.38. The van der Waals surface area contributed by atoms with Crippen LogP contribution in [0.3, 0.4) is 0 Å². The Morgan fingerprint density at radius 1 is 1.11 bits per heavy atom.